The highest BCUT2D eigenvalue weighted by atomic mass is 35.5. The van der Waals surface area contributed by atoms with Crippen LogP contribution in [0.25, 0.3) is 5.57 Å². The van der Waals surface area contributed by atoms with Gasteiger partial charge in [-0.25, -0.2) is 14.1 Å². The topological polar surface area (TPSA) is 66.5 Å². The predicted molar refractivity (Wildman–Crippen MR) is 115 cm³/mol. The SMILES string of the molecule is C[C@@]1(O)CC2=C(c3ccn(C(F)F)n3)[C@H](c3ccc(F)cc3Cl)N=C(c3nccs3)N2C1. The van der Waals surface area contributed by atoms with E-state index in [-0.39, 0.29) is 23.7 Å². The van der Waals surface area contributed by atoms with E-state index in [2.05, 4.69) is 10.1 Å². The third-order valence-electron chi connectivity index (χ3n) is 5.43. The minimum absolute atomic E-state index is 0.154. The third-order valence-corrected chi connectivity index (χ3v) is 6.53. The number of hydrogen-bond acceptors (Lipinski definition) is 6. The first-order valence-corrected chi connectivity index (χ1v) is 11.0. The van der Waals surface area contributed by atoms with Crippen molar-refractivity contribution in [1.29, 1.82) is 0 Å². The molecule has 11 heteroatoms. The van der Waals surface area contributed by atoms with Crippen LogP contribution in [0.15, 0.2) is 52.7 Å². The van der Waals surface area contributed by atoms with Gasteiger partial charge in [0.05, 0.1) is 17.8 Å². The molecule has 0 saturated carbocycles. The molecule has 1 N–H and O–H groups in total. The van der Waals surface area contributed by atoms with E-state index in [4.69, 9.17) is 16.6 Å². The number of rotatable bonds is 4. The first-order valence-electron chi connectivity index (χ1n) is 9.73. The van der Waals surface area contributed by atoms with Gasteiger partial charge in [-0.2, -0.15) is 13.9 Å². The Kier molecular flexibility index (Phi) is 5.11. The van der Waals surface area contributed by atoms with Crippen LogP contribution in [0.1, 0.15) is 42.2 Å². The summed E-state index contributed by atoms with van der Waals surface area (Å²) in [5.74, 6) is 0.0375. The Morgan fingerprint density at radius 1 is 1.31 bits per heavy atom. The van der Waals surface area contributed by atoms with E-state index in [0.29, 0.717) is 32.4 Å². The van der Waals surface area contributed by atoms with E-state index >= 15 is 0 Å². The van der Waals surface area contributed by atoms with Gasteiger partial charge in [0.1, 0.15) is 11.9 Å². The summed E-state index contributed by atoms with van der Waals surface area (Å²) in [6, 6.07) is 4.72. The Labute approximate surface area is 190 Å². The minimum Gasteiger partial charge on any atom is -0.388 e. The fourth-order valence-electron chi connectivity index (χ4n) is 4.14. The van der Waals surface area contributed by atoms with Gasteiger partial charge < -0.3 is 10.0 Å². The van der Waals surface area contributed by atoms with Crippen molar-refractivity contribution in [1.82, 2.24) is 19.7 Å². The second-order valence-corrected chi connectivity index (χ2v) is 9.24. The van der Waals surface area contributed by atoms with Crippen molar-refractivity contribution in [2.45, 2.75) is 31.5 Å². The van der Waals surface area contributed by atoms with E-state index < -0.39 is 24.0 Å². The zero-order chi connectivity index (χ0) is 22.6. The number of fused-ring (bicyclic) bond motifs is 1. The van der Waals surface area contributed by atoms with Crippen LogP contribution in [0.4, 0.5) is 13.2 Å². The first kappa shape index (κ1) is 21.2. The highest BCUT2D eigenvalue weighted by Crippen LogP contribution is 2.47. The molecule has 4 heterocycles. The molecule has 2 atom stereocenters. The minimum atomic E-state index is -2.80. The van der Waals surface area contributed by atoms with Gasteiger partial charge in [0, 0.05) is 46.1 Å². The van der Waals surface area contributed by atoms with Crippen LogP contribution in [-0.2, 0) is 0 Å². The maximum absolute atomic E-state index is 13.8. The molecule has 5 rings (SSSR count). The molecular weight excluding hydrogens is 463 g/mol. The molecule has 0 unspecified atom stereocenters. The molecule has 2 aliphatic heterocycles. The van der Waals surface area contributed by atoms with Crippen molar-refractivity contribution in [2.75, 3.05) is 6.54 Å². The summed E-state index contributed by atoms with van der Waals surface area (Å²) in [6.07, 6.45) is 3.10. The average molecular weight is 480 g/mol. The van der Waals surface area contributed by atoms with Crippen molar-refractivity contribution in [2.24, 2.45) is 4.99 Å². The lowest BCUT2D eigenvalue weighted by Gasteiger charge is -2.32. The molecule has 1 aromatic carbocycles. The van der Waals surface area contributed by atoms with Crippen LogP contribution in [0.5, 0.6) is 0 Å². The number of alkyl halides is 2. The molecule has 0 spiro atoms. The summed E-state index contributed by atoms with van der Waals surface area (Å²) >= 11 is 7.78. The Morgan fingerprint density at radius 3 is 2.78 bits per heavy atom. The molecule has 1 saturated heterocycles. The van der Waals surface area contributed by atoms with Gasteiger partial charge in [-0.05, 0) is 25.1 Å². The molecule has 1 fully saturated rings. The second-order valence-electron chi connectivity index (χ2n) is 7.94. The zero-order valence-corrected chi connectivity index (χ0v) is 18.3. The van der Waals surface area contributed by atoms with E-state index in [1.54, 1.807) is 13.1 Å². The standard InChI is InChI=1S/C21H17ClF3N5OS/c1-21(31)9-15-16(14-4-6-30(28-14)20(24)25)17(12-3-2-11(23)8-13(12)22)27-18(29(15)10-21)19-26-5-7-32-19/h2-8,17,20,31H,9-10H2,1H3/t17-,21+/m0/s1. The Balaban J connectivity index is 1.75. The van der Waals surface area contributed by atoms with E-state index in [1.807, 2.05) is 10.3 Å². The van der Waals surface area contributed by atoms with Gasteiger partial charge in [0.25, 0.3) is 0 Å². The summed E-state index contributed by atoms with van der Waals surface area (Å²) in [6.45, 7) is -0.848. The molecular formula is C21H17ClF3N5OS. The number of nitrogens with zero attached hydrogens (tertiary/aromatic N) is 5. The van der Waals surface area contributed by atoms with Crippen molar-refractivity contribution in [3.05, 3.63) is 74.8 Å². The number of amidine groups is 1. The van der Waals surface area contributed by atoms with Gasteiger partial charge >= 0.3 is 6.55 Å². The molecule has 2 aliphatic rings. The van der Waals surface area contributed by atoms with Crippen LogP contribution in [-0.4, -0.2) is 42.8 Å². The molecule has 32 heavy (non-hydrogen) atoms. The maximum Gasteiger partial charge on any atom is 0.333 e. The van der Waals surface area contributed by atoms with Gasteiger partial charge in [-0.15, -0.1) is 11.3 Å². The number of benzene rings is 1. The highest BCUT2D eigenvalue weighted by Gasteiger charge is 2.44. The van der Waals surface area contributed by atoms with Gasteiger partial charge in [0.2, 0.25) is 0 Å². The van der Waals surface area contributed by atoms with Gasteiger partial charge in [0.15, 0.2) is 10.8 Å². The fraction of sp³-hybridized carbons (Fsp3) is 0.286. The van der Waals surface area contributed by atoms with Crippen molar-refractivity contribution in [3.63, 3.8) is 0 Å². The normalized spacial score (nSPS) is 23.2. The average Bonchev–Trinajstić information content (AvgIpc) is 3.46. The number of thiazole rings is 1. The number of aliphatic imine (C=N–C) groups is 1. The quantitative estimate of drug-likeness (QED) is 0.578. The summed E-state index contributed by atoms with van der Waals surface area (Å²) in [7, 11) is 0. The predicted octanol–water partition coefficient (Wildman–Crippen LogP) is 4.90. The molecule has 2 aromatic heterocycles. The third kappa shape index (κ3) is 3.62. The van der Waals surface area contributed by atoms with E-state index in [1.165, 1.54) is 41.8 Å². The molecule has 166 valence electrons. The Morgan fingerprint density at radius 2 is 2.12 bits per heavy atom. The van der Waals surface area contributed by atoms with E-state index in [9.17, 15) is 18.3 Å². The van der Waals surface area contributed by atoms with Crippen LogP contribution in [0, 0.1) is 5.82 Å². The highest BCUT2D eigenvalue weighted by molar-refractivity contribution is 7.11. The van der Waals surface area contributed by atoms with Crippen LogP contribution in [0.2, 0.25) is 5.02 Å². The molecule has 0 radical (unpaired) electrons. The summed E-state index contributed by atoms with van der Waals surface area (Å²) in [5.41, 5.74) is 0.944. The fourth-order valence-corrected chi connectivity index (χ4v) is 5.05. The summed E-state index contributed by atoms with van der Waals surface area (Å²) in [4.78, 5) is 11.1. The first-order chi connectivity index (χ1) is 15.2. The van der Waals surface area contributed by atoms with Crippen molar-refractivity contribution < 1.29 is 18.3 Å². The Bertz CT molecular complexity index is 1240. The number of hydrogen-bond donors (Lipinski definition) is 1. The second kappa shape index (κ2) is 7.72. The van der Waals surface area contributed by atoms with Crippen LogP contribution < -0.4 is 0 Å². The largest absolute Gasteiger partial charge is 0.388 e. The molecule has 0 bridgehead atoms. The smallest absolute Gasteiger partial charge is 0.333 e. The number of aromatic nitrogens is 3. The number of aliphatic hydroxyl groups is 1. The lowest BCUT2D eigenvalue weighted by Crippen LogP contribution is -2.36. The maximum atomic E-state index is 13.8. The monoisotopic (exact) mass is 479 g/mol. The summed E-state index contributed by atoms with van der Waals surface area (Å²) < 4.78 is 40.8. The molecule has 0 aliphatic carbocycles. The Hall–Kier alpha value is -2.69. The van der Waals surface area contributed by atoms with E-state index in [0.717, 1.165) is 0 Å². The van der Waals surface area contributed by atoms with Gasteiger partial charge in [-0.3, -0.25) is 4.99 Å². The molecule has 6 nitrogen and oxygen atoms in total. The van der Waals surface area contributed by atoms with Crippen molar-refractivity contribution >= 4 is 34.3 Å². The van der Waals surface area contributed by atoms with Crippen LogP contribution >= 0.6 is 22.9 Å². The lowest BCUT2D eigenvalue weighted by atomic mass is 9.91. The zero-order valence-electron chi connectivity index (χ0n) is 16.7. The van der Waals surface area contributed by atoms with Crippen molar-refractivity contribution in [3.8, 4) is 0 Å². The summed E-state index contributed by atoms with van der Waals surface area (Å²) in [5, 5.41) is 17.5. The van der Waals surface area contributed by atoms with Crippen LogP contribution in [0.3, 0.4) is 0 Å². The van der Waals surface area contributed by atoms with Gasteiger partial charge in [-0.1, -0.05) is 17.7 Å². The number of halogens is 4. The molecule has 0 amide bonds. The molecule has 3 aromatic rings. The lowest BCUT2D eigenvalue weighted by molar-refractivity contribution is 0.0564.